The first kappa shape index (κ1) is 14.9. The Bertz CT molecular complexity index is 990. The molecule has 0 radical (unpaired) electrons. The number of hydrogen-bond acceptors (Lipinski definition) is 6. The van der Waals surface area contributed by atoms with Gasteiger partial charge in [-0.2, -0.15) is 0 Å². The Kier molecular flexibility index (Phi) is 3.66. The fraction of sp³-hybridized carbons (Fsp3) is 0.0556. The number of carbonyl (C=O) groups is 1. The first-order chi connectivity index (χ1) is 12.2. The quantitative estimate of drug-likeness (QED) is 0.594. The van der Waals surface area contributed by atoms with Crippen LogP contribution in [0.4, 0.5) is 6.01 Å². The van der Waals surface area contributed by atoms with Crippen LogP contribution in [-0.4, -0.2) is 15.9 Å². The Balaban J connectivity index is 1.72. The van der Waals surface area contributed by atoms with Crippen molar-refractivity contribution in [2.24, 2.45) is 0 Å². The predicted octanol–water partition coefficient (Wildman–Crippen LogP) is 2.92. The summed E-state index contributed by atoms with van der Waals surface area (Å²) < 4.78 is 10.9. The number of aromatic nitrogens is 2. The maximum absolute atomic E-state index is 12.5. The average molecular weight is 334 g/mol. The zero-order valence-corrected chi connectivity index (χ0v) is 13.0. The number of nitrogens with two attached hydrogens (primary N) is 1. The molecule has 25 heavy (non-hydrogen) atoms. The number of nitrogen functional groups attached to an aromatic ring is 1. The minimum atomic E-state index is -0.576. The molecule has 3 N–H and O–H groups in total. The number of oxazole rings is 2. The van der Waals surface area contributed by atoms with Crippen molar-refractivity contribution in [1.82, 2.24) is 15.3 Å². The van der Waals surface area contributed by atoms with E-state index in [1.807, 2.05) is 54.6 Å². The van der Waals surface area contributed by atoms with Crippen LogP contribution in [0.15, 0.2) is 69.6 Å². The normalized spacial score (nSPS) is 12.2. The van der Waals surface area contributed by atoms with Crippen molar-refractivity contribution in [3.63, 3.8) is 0 Å². The number of carbonyl (C=O) groups excluding carboxylic acids is 1. The van der Waals surface area contributed by atoms with Crippen LogP contribution in [0.2, 0.25) is 0 Å². The number of hydrogen-bond donors (Lipinski definition) is 2. The number of nitrogens with zero attached hydrogens (tertiary/aromatic N) is 2. The third-order valence-electron chi connectivity index (χ3n) is 3.71. The van der Waals surface area contributed by atoms with E-state index >= 15 is 0 Å². The fourth-order valence-electron chi connectivity index (χ4n) is 2.54. The molecule has 4 rings (SSSR count). The van der Waals surface area contributed by atoms with E-state index in [0.29, 0.717) is 11.5 Å². The second-order valence-corrected chi connectivity index (χ2v) is 5.40. The summed E-state index contributed by atoms with van der Waals surface area (Å²) in [5, 5.41) is 2.86. The van der Waals surface area contributed by atoms with Crippen molar-refractivity contribution in [3.05, 3.63) is 78.0 Å². The molecule has 0 saturated heterocycles. The number of para-hydroxylation sites is 2. The molecule has 7 nitrogen and oxygen atoms in total. The van der Waals surface area contributed by atoms with E-state index in [4.69, 9.17) is 14.6 Å². The molecule has 0 aliphatic rings. The molecule has 0 saturated carbocycles. The first-order valence-electron chi connectivity index (χ1n) is 7.63. The first-order valence-corrected chi connectivity index (χ1v) is 7.63. The van der Waals surface area contributed by atoms with Crippen LogP contribution >= 0.6 is 0 Å². The van der Waals surface area contributed by atoms with Crippen LogP contribution in [0.3, 0.4) is 0 Å². The molecule has 0 aliphatic heterocycles. The molecule has 1 atom stereocenters. The lowest BCUT2D eigenvalue weighted by Gasteiger charge is -2.15. The molecule has 2 aromatic carbocycles. The van der Waals surface area contributed by atoms with E-state index in [1.54, 1.807) is 0 Å². The summed E-state index contributed by atoms with van der Waals surface area (Å²) in [7, 11) is 0. The second kappa shape index (κ2) is 6.12. The topological polar surface area (TPSA) is 107 Å². The van der Waals surface area contributed by atoms with E-state index in [2.05, 4.69) is 15.3 Å². The van der Waals surface area contributed by atoms with Gasteiger partial charge in [-0.25, -0.2) is 9.97 Å². The maximum Gasteiger partial charge on any atom is 0.292 e. The van der Waals surface area contributed by atoms with Gasteiger partial charge in [0, 0.05) is 0 Å². The van der Waals surface area contributed by atoms with Gasteiger partial charge in [-0.1, -0.05) is 42.5 Å². The van der Waals surface area contributed by atoms with Gasteiger partial charge in [-0.05, 0) is 17.7 Å². The number of fused-ring (bicyclic) bond motifs is 1. The van der Waals surface area contributed by atoms with Crippen molar-refractivity contribution in [2.45, 2.75) is 6.04 Å². The van der Waals surface area contributed by atoms with E-state index in [-0.39, 0.29) is 11.8 Å². The molecule has 7 heteroatoms. The highest BCUT2D eigenvalue weighted by Gasteiger charge is 2.24. The minimum Gasteiger partial charge on any atom is -0.438 e. The highest BCUT2D eigenvalue weighted by Crippen LogP contribution is 2.25. The Morgan fingerprint density at radius 1 is 1.04 bits per heavy atom. The number of amides is 1. The molecule has 0 bridgehead atoms. The summed E-state index contributed by atoms with van der Waals surface area (Å²) in [5.41, 5.74) is 7.63. The predicted molar refractivity (Wildman–Crippen MR) is 90.7 cm³/mol. The van der Waals surface area contributed by atoms with Crippen molar-refractivity contribution in [1.29, 1.82) is 0 Å². The van der Waals surface area contributed by atoms with E-state index in [0.717, 1.165) is 11.1 Å². The third-order valence-corrected chi connectivity index (χ3v) is 3.71. The molecule has 1 unspecified atom stereocenters. The largest absolute Gasteiger partial charge is 0.438 e. The van der Waals surface area contributed by atoms with Gasteiger partial charge < -0.3 is 19.9 Å². The maximum atomic E-state index is 12.5. The average Bonchev–Trinajstić information content (AvgIpc) is 3.26. The third kappa shape index (κ3) is 2.94. The summed E-state index contributed by atoms with van der Waals surface area (Å²) in [5.74, 6) is -0.0527. The summed E-state index contributed by atoms with van der Waals surface area (Å²) in [6.45, 7) is 0. The molecular formula is C18H14N4O3. The molecule has 124 valence electrons. The van der Waals surface area contributed by atoms with Crippen LogP contribution in [0.1, 0.15) is 28.1 Å². The molecule has 2 aromatic heterocycles. The Morgan fingerprint density at radius 2 is 1.80 bits per heavy atom. The van der Waals surface area contributed by atoms with E-state index in [9.17, 15) is 4.79 Å². The van der Waals surface area contributed by atoms with E-state index in [1.165, 1.54) is 6.20 Å². The lowest BCUT2D eigenvalue weighted by Crippen LogP contribution is -2.29. The van der Waals surface area contributed by atoms with Gasteiger partial charge in [0.25, 0.3) is 11.9 Å². The van der Waals surface area contributed by atoms with E-state index < -0.39 is 11.9 Å². The molecular weight excluding hydrogens is 320 g/mol. The van der Waals surface area contributed by atoms with Crippen molar-refractivity contribution < 1.29 is 13.6 Å². The molecule has 0 aliphatic carbocycles. The van der Waals surface area contributed by atoms with Crippen LogP contribution in [-0.2, 0) is 0 Å². The zero-order valence-electron chi connectivity index (χ0n) is 13.0. The van der Waals surface area contributed by atoms with Gasteiger partial charge in [-0.15, -0.1) is 0 Å². The Labute approximate surface area is 142 Å². The summed E-state index contributed by atoms with van der Waals surface area (Å²) >= 11 is 0. The molecule has 2 heterocycles. The molecule has 0 fully saturated rings. The Morgan fingerprint density at radius 3 is 2.52 bits per heavy atom. The van der Waals surface area contributed by atoms with Gasteiger partial charge in [0.15, 0.2) is 5.58 Å². The van der Waals surface area contributed by atoms with Crippen LogP contribution in [0.5, 0.6) is 0 Å². The smallest absolute Gasteiger partial charge is 0.292 e. The minimum absolute atomic E-state index is 0.0227. The summed E-state index contributed by atoms with van der Waals surface area (Å²) in [6.07, 6.45) is 1.28. The van der Waals surface area contributed by atoms with Gasteiger partial charge in [0.05, 0.1) is 6.20 Å². The second-order valence-electron chi connectivity index (χ2n) is 5.40. The van der Waals surface area contributed by atoms with Crippen LogP contribution in [0.25, 0.3) is 11.1 Å². The molecule has 0 spiro atoms. The van der Waals surface area contributed by atoms with Crippen molar-refractivity contribution >= 4 is 23.0 Å². The van der Waals surface area contributed by atoms with Crippen molar-refractivity contribution in [2.75, 3.05) is 5.73 Å². The lowest BCUT2D eigenvalue weighted by molar-refractivity contribution is 0.0911. The highest BCUT2D eigenvalue weighted by molar-refractivity contribution is 5.91. The van der Waals surface area contributed by atoms with Crippen LogP contribution in [0, 0.1) is 0 Å². The fourth-order valence-corrected chi connectivity index (χ4v) is 2.54. The Hall–Kier alpha value is -3.61. The number of rotatable bonds is 4. The number of nitrogens with one attached hydrogen (secondary N) is 1. The molecule has 4 aromatic rings. The number of anilines is 1. The molecule has 1 amide bonds. The van der Waals surface area contributed by atoms with Gasteiger partial charge in [0.2, 0.25) is 11.7 Å². The summed E-state index contributed by atoms with van der Waals surface area (Å²) in [6, 6.07) is 16.2. The SMILES string of the molecule is Nc1ncc(C(=O)NC(c2ccccc2)c2nc3ccccc3o2)o1. The standard InChI is InChI=1S/C18H14N4O3/c19-18-20-10-14(25-18)16(23)22-15(11-6-2-1-3-7-11)17-21-12-8-4-5-9-13(12)24-17/h1-10,15H,(H2,19,20)(H,22,23). The highest BCUT2D eigenvalue weighted by atomic mass is 16.4. The summed E-state index contributed by atoms with van der Waals surface area (Å²) in [4.78, 5) is 20.7. The van der Waals surface area contributed by atoms with Crippen molar-refractivity contribution in [3.8, 4) is 0 Å². The zero-order chi connectivity index (χ0) is 17.2. The lowest BCUT2D eigenvalue weighted by atomic mass is 10.1. The van der Waals surface area contributed by atoms with Gasteiger partial charge in [0.1, 0.15) is 11.6 Å². The number of benzene rings is 2. The van der Waals surface area contributed by atoms with Gasteiger partial charge >= 0.3 is 0 Å². The van der Waals surface area contributed by atoms with Crippen LogP contribution < -0.4 is 11.1 Å². The monoisotopic (exact) mass is 334 g/mol. The van der Waals surface area contributed by atoms with Gasteiger partial charge in [-0.3, -0.25) is 4.79 Å².